The summed E-state index contributed by atoms with van der Waals surface area (Å²) >= 11 is 3.04. The predicted octanol–water partition coefficient (Wildman–Crippen LogP) is 5.04. The van der Waals surface area contributed by atoms with Crippen LogP contribution in [0.1, 0.15) is 50.2 Å². The molecule has 1 aliphatic carbocycles. The minimum atomic E-state index is -1.17. The van der Waals surface area contributed by atoms with Gasteiger partial charge in [-0.05, 0) is 43.4 Å². The smallest absolute Gasteiger partial charge is 0.133 e. The molecule has 0 amide bonds. The molecule has 19 heavy (non-hydrogen) atoms. The van der Waals surface area contributed by atoms with Crippen LogP contribution in [0.3, 0.4) is 0 Å². The molecule has 1 N–H and O–H groups in total. The van der Waals surface area contributed by atoms with Gasteiger partial charge in [0.2, 0.25) is 0 Å². The Morgan fingerprint density at radius 1 is 1.05 bits per heavy atom. The molecule has 1 atom stereocenters. The lowest BCUT2D eigenvalue weighted by atomic mass is 9.92. The Balaban J connectivity index is 2.30. The van der Waals surface area contributed by atoms with E-state index < -0.39 is 17.7 Å². The Kier molecular flexibility index (Phi) is 5.11. The zero-order valence-corrected chi connectivity index (χ0v) is 12.2. The number of hydrogen-bond donors (Lipinski definition) is 1. The number of aliphatic hydroxyl groups excluding tert-OH is 1. The van der Waals surface area contributed by atoms with Crippen molar-refractivity contribution in [2.24, 2.45) is 0 Å². The fourth-order valence-corrected chi connectivity index (χ4v) is 2.87. The first kappa shape index (κ1) is 14.7. The van der Waals surface area contributed by atoms with Crippen molar-refractivity contribution in [3.05, 3.63) is 45.5 Å². The zero-order chi connectivity index (χ0) is 13.8. The lowest BCUT2D eigenvalue weighted by Gasteiger charge is -2.19. The molecular formula is C15H17BrF2O. The standard InChI is InChI=1S/C15H17BrF2O/c16-11-8-12(17)14(13(18)9-11)15(19)10-6-4-2-1-3-5-7-10/h6,8-9,15,19H,1-5,7H2. The zero-order valence-electron chi connectivity index (χ0n) is 10.6. The number of aliphatic hydroxyl groups is 1. The molecule has 0 fully saturated rings. The quantitative estimate of drug-likeness (QED) is 0.753. The van der Waals surface area contributed by atoms with E-state index in [4.69, 9.17) is 0 Å². The van der Waals surface area contributed by atoms with Gasteiger partial charge in [-0.25, -0.2) is 8.78 Å². The minimum Gasteiger partial charge on any atom is -0.384 e. The molecule has 1 aromatic carbocycles. The minimum absolute atomic E-state index is 0.241. The van der Waals surface area contributed by atoms with E-state index >= 15 is 0 Å². The first-order valence-corrected chi connectivity index (χ1v) is 7.40. The van der Waals surface area contributed by atoms with Crippen molar-refractivity contribution >= 4 is 15.9 Å². The average molecular weight is 331 g/mol. The first-order chi connectivity index (χ1) is 9.09. The summed E-state index contributed by atoms with van der Waals surface area (Å²) < 4.78 is 28.0. The van der Waals surface area contributed by atoms with Gasteiger partial charge < -0.3 is 5.11 Å². The van der Waals surface area contributed by atoms with Crippen LogP contribution >= 0.6 is 15.9 Å². The molecule has 1 unspecified atom stereocenters. The molecule has 1 aliphatic rings. The molecule has 0 aliphatic heterocycles. The Morgan fingerprint density at radius 3 is 2.37 bits per heavy atom. The van der Waals surface area contributed by atoms with Crippen LogP contribution in [0.4, 0.5) is 8.78 Å². The predicted molar refractivity (Wildman–Crippen MR) is 74.8 cm³/mol. The van der Waals surface area contributed by atoms with E-state index in [-0.39, 0.29) is 5.56 Å². The fourth-order valence-electron chi connectivity index (χ4n) is 2.46. The molecule has 104 valence electrons. The molecular weight excluding hydrogens is 314 g/mol. The maximum atomic E-state index is 13.8. The maximum absolute atomic E-state index is 13.8. The average Bonchev–Trinajstić information content (AvgIpc) is 2.26. The van der Waals surface area contributed by atoms with Gasteiger partial charge in [-0.2, -0.15) is 0 Å². The number of rotatable bonds is 2. The Labute approximate surface area is 120 Å². The van der Waals surface area contributed by atoms with Gasteiger partial charge in [0.05, 0.1) is 5.56 Å². The highest BCUT2D eigenvalue weighted by molar-refractivity contribution is 9.10. The topological polar surface area (TPSA) is 20.2 Å². The van der Waals surface area contributed by atoms with Gasteiger partial charge in [-0.15, -0.1) is 0 Å². The van der Waals surface area contributed by atoms with Gasteiger partial charge in [0, 0.05) is 4.47 Å². The van der Waals surface area contributed by atoms with Crippen LogP contribution in [-0.4, -0.2) is 5.11 Å². The van der Waals surface area contributed by atoms with E-state index in [1.54, 1.807) is 0 Å². The molecule has 1 nitrogen and oxygen atoms in total. The van der Waals surface area contributed by atoms with Gasteiger partial charge >= 0.3 is 0 Å². The van der Waals surface area contributed by atoms with Crippen molar-refractivity contribution in [3.63, 3.8) is 0 Å². The Bertz CT molecular complexity index is 462. The van der Waals surface area contributed by atoms with Crippen LogP contribution in [0.5, 0.6) is 0 Å². The molecule has 0 aromatic heterocycles. The summed E-state index contributed by atoms with van der Waals surface area (Å²) in [5.41, 5.74) is 0.495. The van der Waals surface area contributed by atoms with Crippen molar-refractivity contribution in [1.29, 1.82) is 0 Å². The maximum Gasteiger partial charge on any atom is 0.133 e. The van der Waals surface area contributed by atoms with Crippen LogP contribution in [-0.2, 0) is 0 Å². The number of halogens is 3. The van der Waals surface area contributed by atoms with Gasteiger partial charge in [-0.3, -0.25) is 0 Å². The third-order valence-electron chi connectivity index (χ3n) is 3.49. The molecule has 0 heterocycles. The molecule has 0 saturated heterocycles. The summed E-state index contributed by atoms with van der Waals surface area (Å²) in [6.07, 6.45) is 6.65. The van der Waals surface area contributed by atoms with E-state index in [0.717, 1.165) is 31.3 Å². The highest BCUT2D eigenvalue weighted by Crippen LogP contribution is 2.32. The number of hydrogen-bond acceptors (Lipinski definition) is 1. The lowest BCUT2D eigenvalue weighted by molar-refractivity contribution is 0.198. The van der Waals surface area contributed by atoms with E-state index in [2.05, 4.69) is 15.9 Å². The first-order valence-electron chi connectivity index (χ1n) is 6.61. The molecule has 4 heteroatoms. The van der Waals surface area contributed by atoms with E-state index in [0.29, 0.717) is 10.9 Å². The Hall–Kier alpha value is -0.740. The lowest BCUT2D eigenvalue weighted by Crippen LogP contribution is -2.08. The van der Waals surface area contributed by atoms with Crippen molar-refractivity contribution in [2.45, 2.75) is 44.6 Å². The highest BCUT2D eigenvalue weighted by atomic mass is 79.9. The summed E-state index contributed by atoms with van der Waals surface area (Å²) in [6.45, 7) is 0. The van der Waals surface area contributed by atoms with Crippen molar-refractivity contribution < 1.29 is 13.9 Å². The number of benzene rings is 1. The molecule has 0 bridgehead atoms. The summed E-state index contributed by atoms with van der Waals surface area (Å²) in [5, 5.41) is 10.3. The summed E-state index contributed by atoms with van der Waals surface area (Å²) in [6, 6.07) is 2.37. The van der Waals surface area contributed by atoms with Crippen LogP contribution in [0, 0.1) is 11.6 Å². The van der Waals surface area contributed by atoms with Crippen LogP contribution < -0.4 is 0 Å². The summed E-state index contributed by atoms with van der Waals surface area (Å²) in [4.78, 5) is 0. The van der Waals surface area contributed by atoms with Crippen molar-refractivity contribution in [2.75, 3.05) is 0 Å². The van der Waals surface area contributed by atoms with Gasteiger partial charge in [0.1, 0.15) is 17.7 Å². The van der Waals surface area contributed by atoms with Crippen LogP contribution in [0.25, 0.3) is 0 Å². The molecule has 1 aromatic rings. The third-order valence-corrected chi connectivity index (χ3v) is 3.95. The Morgan fingerprint density at radius 2 is 1.68 bits per heavy atom. The second-order valence-corrected chi connectivity index (χ2v) is 5.83. The van der Waals surface area contributed by atoms with Crippen LogP contribution in [0.2, 0.25) is 0 Å². The monoisotopic (exact) mass is 330 g/mol. The van der Waals surface area contributed by atoms with Crippen molar-refractivity contribution in [1.82, 2.24) is 0 Å². The van der Waals surface area contributed by atoms with Crippen molar-refractivity contribution in [3.8, 4) is 0 Å². The molecule has 0 spiro atoms. The molecule has 0 radical (unpaired) electrons. The highest BCUT2D eigenvalue weighted by Gasteiger charge is 2.22. The molecule has 2 rings (SSSR count). The fraction of sp³-hybridized carbons (Fsp3) is 0.467. The normalized spacial score (nSPS) is 18.4. The van der Waals surface area contributed by atoms with E-state index in [1.165, 1.54) is 18.6 Å². The summed E-state index contributed by atoms with van der Waals surface area (Å²) in [7, 11) is 0. The SMILES string of the molecule is OC(C1=CCCCCCC1)c1c(F)cc(Br)cc1F. The van der Waals surface area contributed by atoms with Gasteiger partial charge in [-0.1, -0.05) is 34.8 Å². The van der Waals surface area contributed by atoms with Gasteiger partial charge in [0.25, 0.3) is 0 Å². The largest absolute Gasteiger partial charge is 0.384 e. The third kappa shape index (κ3) is 3.63. The second-order valence-electron chi connectivity index (χ2n) is 4.92. The second kappa shape index (κ2) is 6.62. The van der Waals surface area contributed by atoms with E-state index in [1.807, 2.05) is 6.08 Å². The van der Waals surface area contributed by atoms with E-state index in [9.17, 15) is 13.9 Å². The summed E-state index contributed by atoms with van der Waals surface area (Å²) in [5.74, 6) is -1.41. The number of allylic oxidation sites excluding steroid dienone is 1. The van der Waals surface area contributed by atoms with Crippen LogP contribution in [0.15, 0.2) is 28.3 Å². The van der Waals surface area contributed by atoms with Gasteiger partial charge in [0.15, 0.2) is 0 Å². The molecule has 0 saturated carbocycles.